The minimum Gasteiger partial charge on any atom is -0.261 e. The molecule has 0 unspecified atom stereocenters. The van der Waals surface area contributed by atoms with E-state index in [1.807, 2.05) is 13.0 Å². The Labute approximate surface area is 111 Å². The molecule has 92 valence electrons. The quantitative estimate of drug-likeness (QED) is 0.737. The number of aromatic nitrogens is 3. The Bertz CT molecular complexity index is 596. The van der Waals surface area contributed by atoms with Gasteiger partial charge < -0.3 is 0 Å². The first-order valence-electron chi connectivity index (χ1n) is 6.21. The molecule has 0 saturated carbocycles. The van der Waals surface area contributed by atoms with E-state index in [2.05, 4.69) is 15.0 Å². The number of fused-ring (bicyclic) bond motifs is 1. The topological polar surface area (TPSA) is 38.7 Å². The zero-order valence-electron chi connectivity index (χ0n) is 10.3. The molecule has 0 fully saturated rings. The maximum absolute atomic E-state index is 6.11. The molecule has 0 N–H and O–H groups in total. The number of hydrogen-bond acceptors (Lipinski definition) is 3. The lowest BCUT2D eigenvalue weighted by Gasteiger charge is -2.18. The van der Waals surface area contributed by atoms with Crippen LogP contribution >= 0.6 is 11.6 Å². The maximum Gasteiger partial charge on any atom is 0.130 e. The van der Waals surface area contributed by atoms with Crippen LogP contribution in [0.4, 0.5) is 0 Å². The molecule has 18 heavy (non-hydrogen) atoms. The third kappa shape index (κ3) is 2.10. The second-order valence-corrected chi connectivity index (χ2v) is 5.06. The van der Waals surface area contributed by atoms with E-state index in [1.165, 1.54) is 18.4 Å². The molecule has 0 spiro atoms. The highest BCUT2D eigenvalue weighted by Crippen LogP contribution is 2.31. The smallest absolute Gasteiger partial charge is 0.130 e. The lowest BCUT2D eigenvalue weighted by Crippen LogP contribution is -2.08. The van der Waals surface area contributed by atoms with Gasteiger partial charge in [0.15, 0.2) is 0 Å². The highest BCUT2D eigenvalue weighted by molar-refractivity contribution is 6.29. The third-order valence-electron chi connectivity index (χ3n) is 3.30. The van der Waals surface area contributed by atoms with Crippen molar-refractivity contribution >= 4 is 11.6 Å². The zero-order chi connectivity index (χ0) is 12.5. The molecule has 0 saturated heterocycles. The summed E-state index contributed by atoms with van der Waals surface area (Å²) in [5, 5.41) is 0.550. The second-order valence-electron chi connectivity index (χ2n) is 4.67. The molecule has 0 atom stereocenters. The first-order chi connectivity index (χ1) is 8.74. The Balaban J connectivity index is 2.19. The molecule has 3 rings (SSSR count). The number of pyridine rings is 1. The van der Waals surface area contributed by atoms with Crippen LogP contribution in [0.15, 0.2) is 18.5 Å². The Morgan fingerprint density at radius 3 is 2.78 bits per heavy atom. The van der Waals surface area contributed by atoms with Crippen molar-refractivity contribution in [3.8, 4) is 11.3 Å². The van der Waals surface area contributed by atoms with E-state index in [0.717, 1.165) is 35.5 Å². The van der Waals surface area contributed by atoms with E-state index in [4.69, 9.17) is 11.6 Å². The van der Waals surface area contributed by atoms with Gasteiger partial charge in [-0.15, -0.1) is 0 Å². The average Bonchev–Trinajstić information content (AvgIpc) is 2.37. The molecule has 0 aliphatic heterocycles. The summed E-state index contributed by atoms with van der Waals surface area (Å²) in [6.45, 7) is 1.95. The van der Waals surface area contributed by atoms with Crippen molar-refractivity contribution in [2.24, 2.45) is 0 Å². The van der Waals surface area contributed by atoms with E-state index >= 15 is 0 Å². The van der Waals surface area contributed by atoms with Gasteiger partial charge in [0.25, 0.3) is 0 Å². The summed E-state index contributed by atoms with van der Waals surface area (Å²) in [7, 11) is 0. The third-order valence-corrected chi connectivity index (χ3v) is 3.49. The molecular weight excluding hydrogens is 246 g/mol. The Morgan fingerprint density at radius 2 is 1.94 bits per heavy atom. The highest BCUT2D eigenvalue weighted by Gasteiger charge is 2.17. The van der Waals surface area contributed by atoms with Crippen LogP contribution < -0.4 is 0 Å². The van der Waals surface area contributed by atoms with Gasteiger partial charge in [-0.2, -0.15) is 0 Å². The fourth-order valence-electron chi connectivity index (χ4n) is 2.49. The molecule has 2 aromatic heterocycles. The molecule has 0 bridgehead atoms. The fourth-order valence-corrected chi connectivity index (χ4v) is 2.70. The normalized spacial score (nSPS) is 14.3. The monoisotopic (exact) mass is 259 g/mol. The molecule has 1 aliphatic carbocycles. The summed E-state index contributed by atoms with van der Waals surface area (Å²) in [4.78, 5) is 13.2. The largest absolute Gasteiger partial charge is 0.261 e. The molecule has 0 aromatic carbocycles. The number of aryl methyl sites for hydroxylation is 2. The second kappa shape index (κ2) is 4.65. The van der Waals surface area contributed by atoms with Crippen LogP contribution in [-0.2, 0) is 12.8 Å². The molecule has 0 radical (unpaired) electrons. The van der Waals surface area contributed by atoms with Gasteiger partial charge >= 0.3 is 0 Å². The van der Waals surface area contributed by atoms with Crippen molar-refractivity contribution in [1.29, 1.82) is 0 Å². The van der Waals surface area contributed by atoms with Crippen molar-refractivity contribution in [2.75, 3.05) is 0 Å². The molecule has 1 aliphatic rings. The van der Waals surface area contributed by atoms with Crippen LogP contribution in [0.5, 0.6) is 0 Å². The van der Waals surface area contributed by atoms with Crippen molar-refractivity contribution in [2.45, 2.75) is 32.6 Å². The number of nitrogens with zero attached hydrogens (tertiary/aromatic N) is 3. The van der Waals surface area contributed by atoms with E-state index in [-0.39, 0.29) is 0 Å². The SMILES string of the molecule is Cc1cncc(-c2cc(Cl)nc3c2CCCC3)n1. The molecule has 3 nitrogen and oxygen atoms in total. The van der Waals surface area contributed by atoms with Crippen molar-refractivity contribution in [3.05, 3.63) is 40.6 Å². The molecular formula is C14H14ClN3. The van der Waals surface area contributed by atoms with Crippen molar-refractivity contribution in [1.82, 2.24) is 15.0 Å². The van der Waals surface area contributed by atoms with Crippen LogP contribution in [0.2, 0.25) is 5.15 Å². The Morgan fingerprint density at radius 1 is 1.11 bits per heavy atom. The predicted octanol–water partition coefficient (Wildman–Crippen LogP) is 3.38. The molecule has 2 aromatic rings. The van der Waals surface area contributed by atoms with Crippen LogP contribution in [0.1, 0.15) is 29.8 Å². The zero-order valence-corrected chi connectivity index (χ0v) is 11.0. The lowest BCUT2D eigenvalue weighted by atomic mass is 9.91. The maximum atomic E-state index is 6.11. The predicted molar refractivity (Wildman–Crippen MR) is 71.7 cm³/mol. The molecule has 0 amide bonds. The summed E-state index contributed by atoms with van der Waals surface area (Å²) >= 11 is 6.11. The van der Waals surface area contributed by atoms with E-state index in [1.54, 1.807) is 12.4 Å². The van der Waals surface area contributed by atoms with Gasteiger partial charge in [0.1, 0.15) is 5.15 Å². The molecule has 4 heteroatoms. The minimum atomic E-state index is 0.550. The summed E-state index contributed by atoms with van der Waals surface area (Å²) in [6.07, 6.45) is 8.04. The summed E-state index contributed by atoms with van der Waals surface area (Å²) in [6, 6.07) is 1.91. The average molecular weight is 260 g/mol. The van der Waals surface area contributed by atoms with Gasteiger partial charge in [-0.3, -0.25) is 4.98 Å². The van der Waals surface area contributed by atoms with E-state index < -0.39 is 0 Å². The van der Waals surface area contributed by atoms with Gasteiger partial charge in [0.2, 0.25) is 0 Å². The van der Waals surface area contributed by atoms with Crippen LogP contribution in [0.25, 0.3) is 11.3 Å². The standard InChI is InChI=1S/C14H14ClN3/c1-9-7-16-8-13(17-9)11-6-14(15)18-12-5-3-2-4-10(11)12/h6-8H,2-5H2,1H3. The van der Waals surface area contributed by atoms with Crippen LogP contribution in [-0.4, -0.2) is 15.0 Å². The summed E-state index contributed by atoms with van der Waals surface area (Å²) < 4.78 is 0. The first kappa shape index (κ1) is 11.6. The van der Waals surface area contributed by atoms with Crippen molar-refractivity contribution < 1.29 is 0 Å². The summed E-state index contributed by atoms with van der Waals surface area (Å²) in [5.41, 5.74) is 5.35. The van der Waals surface area contributed by atoms with Gasteiger partial charge in [-0.1, -0.05) is 11.6 Å². The van der Waals surface area contributed by atoms with Gasteiger partial charge in [-0.25, -0.2) is 9.97 Å². The van der Waals surface area contributed by atoms with E-state index in [0.29, 0.717) is 5.15 Å². The molecule has 2 heterocycles. The first-order valence-corrected chi connectivity index (χ1v) is 6.59. The number of rotatable bonds is 1. The van der Waals surface area contributed by atoms with Gasteiger partial charge in [-0.05, 0) is 44.2 Å². The number of hydrogen-bond donors (Lipinski definition) is 0. The lowest BCUT2D eigenvalue weighted by molar-refractivity contribution is 0.669. The van der Waals surface area contributed by atoms with Crippen molar-refractivity contribution in [3.63, 3.8) is 0 Å². The Kier molecular flexibility index (Phi) is 3.00. The fraction of sp³-hybridized carbons (Fsp3) is 0.357. The van der Waals surface area contributed by atoms with Gasteiger partial charge in [0.05, 0.1) is 17.6 Å². The summed E-state index contributed by atoms with van der Waals surface area (Å²) in [5.74, 6) is 0. The minimum absolute atomic E-state index is 0.550. The Hall–Kier alpha value is -1.48. The van der Waals surface area contributed by atoms with Crippen LogP contribution in [0, 0.1) is 6.92 Å². The van der Waals surface area contributed by atoms with E-state index in [9.17, 15) is 0 Å². The number of halogens is 1. The van der Waals surface area contributed by atoms with Crippen LogP contribution in [0.3, 0.4) is 0 Å². The highest BCUT2D eigenvalue weighted by atomic mass is 35.5. The van der Waals surface area contributed by atoms with Gasteiger partial charge in [0, 0.05) is 17.5 Å².